The molecule has 1 amide bonds. The summed E-state index contributed by atoms with van der Waals surface area (Å²) in [5, 5.41) is 9.93. The molecule has 0 bridgehead atoms. The maximum Gasteiger partial charge on any atom is 0.432 e. The summed E-state index contributed by atoms with van der Waals surface area (Å²) in [6.45, 7) is -0.153. The molecule has 0 saturated carbocycles. The molecule has 0 radical (unpaired) electrons. The molecule has 0 fully saturated rings. The van der Waals surface area contributed by atoms with E-state index in [0.29, 0.717) is 23.3 Å². The van der Waals surface area contributed by atoms with Crippen molar-refractivity contribution < 1.29 is 31.1 Å². The largest absolute Gasteiger partial charge is 0.432 e. The van der Waals surface area contributed by atoms with E-state index in [2.05, 4.69) is 20.7 Å². The van der Waals surface area contributed by atoms with Crippen molar-refractivity contribution in [1.82, 2.24) is 15.5 Å². The molecule has 0 atom stereocenters. The quantitative estimate of drug-likeness (QED) is 0.204. The van der Waals surface area contributed by atoms with Gasteiger partial charge in [0.1, 0.15) is 11.5 Å². The molecule has 0 spiro atoms. The second-order valence-corrected chi connectivity index (χ2v) is 6.85. The summed E-state index contributed by atoms with van der Waals surface area (Å²) in [5.74, 6) is -4.61. The monoisotopic (exact) mass is 489 g/mol. The Morgan fingerprint density at radius 2 is 1.79 bits per heavy atom. The van der Waals surface area contributed by atoms with Gasteiger partial charge in [-0.2, -0.15) is 18.3 Å². The Hall–Kier alpha value is -3.54. The fourth-order valence-corrected chi connectivity index (χ4v) is 2.87. The zero-order valence-electron chi connectivity index (χ0n) is 16.4. The highest BCUT2D eigenvalue weighted by atomic mass is 35.5. The van der Waals surface area contributed by atoms with Crippen LogP contribution in [0.5, 0.6) is 0 Å². The van der Waals surface area contributed by atoms with Gasteiger partial charge in [0.2, 0.25) is 5.96 Å². The van der Waals surface area contributed by atoms with Gasteiger partial charge in [-0.3, -0.25) is 15.2 Å². The predicted molar refractivity (Wildman–Crippen MR) is 108 cm³/mol. The van der Waals surface area contributed by atoms with E-state index in [1.165, 1.54) is 12.1 Å². The lowest BCUT2D eigenvalue weighted by molar-refractivity contribution is -0.141. The summed E-state index contributed by atoms with van der Waals surface area (Å²) in [7, 11) is 0. The highest BCUT2D eigenvalue weighted by molar-refractivity contribution is 6.17. The number of carbonyl (C=O) groups is 1. The van der Waals surface area contributed by atoms with E-state index in [4.69, 9.17) is 11.6 Å². The first kappa shape index (κ1) is 24.1. The Morgan fingerprint density at radius 1 is 1.03 bits per heavy atom. The third-order valence-corrected chi connectivity index (χ3v) is 4.55. The number of nitrogens with zero attached hydrogens (tertiary/aromatic N) is 2. The van der Waals surface area contributed by atoms with Crippen LogP contribution in [0.1, 0.15) is 27.2 Å². The number of aliphatic imine (C=N–C) groups is 1. The number of hydrogen-bond donors (Lipinski definition) is 3. The Kier molecular flexibility index (Phi) is 7.26. The summed E-state index contributed by atoms with van der Waals surface area (Å²) in [6, 6.07) is 6.79. The molecule has 3 rings (SSSR count). The molecule has 1 heterocycles. The van der Waals surface area contributed by atoms with E-state index in [-0.39, 0.29) is 29.8 Å². The number of aromatic nitrogens is 2. The number of carbonyl (C=O) groups excluding carboxylic acids is 1. The standard InChI is InChI=1S/C20H14ClF6N5O/c21-8-12-5-13(22)3-1-11(12)9-28-19(29-17-7-16(31-32-17)20(25,26)27)30-18(33)10-2-4-14(23)15(24)6-10/h1-7H,8-9H2,(H3,28,29,30,31,32,33). The number of nitrogens with one attached hydrogen (secondary N) is 3. The van der Waals surface area contributed by atoms with Crippen molar-refractivity contribution in [2.24, 2.45) is 4.99 Å². The number of aromatic amines is 1. The summed E-state index contributed by atoms with van der Waals surface area (Å²) in [5.41, 5.74) is -0.541. The topological polar surface area (TPSA) is 82.2 Å². The number of hydrogen-bond acceptors (Lipinski definition) is 3. The Bertz CT molecular complexity index is 1190. The Morgan fingerprint density at radius 3 is 2.42 bits per heavy atom. The molecule has 0 unspecified atom stereocenters. The molecule has 0 aliphatic heterocycles. The number of H-pyrrole nitrogens is 1. The molecule has 33 heavy (non-hydrogen) atoms. The van der Waals surface area contributed by atoms with Crippen LogP contribution in [-0.2, 0) is 18.6 Å². The fourth-order valence-electron chi connectivity index (χ4n) is 2.62. The van der Waals surface area contributed by atoms with Gasteiger partial charge in [-0.15, -0.1) is 11.6 Å². The second-order valence-electron chi connectivity index (χ2n) is 6.58. The number of rotatable bonds is 5. The van der Waals surface area contributed by atoms with Crippen LogP contribution in [0.15, 0.2) is 47.5 Å². The zero-order valence-corrected chi connectivity index (χ0v) is 17.2. The first-order valence-corrected chi connectivity index (χ1v) is 9.64. The first-order valence-electron chi connectivity index (χ1n) is 9.10. The lowest BCUT2D eigenvalue weighted by atomic mass is 10.1. The second kappa shape index (κ2) is 9.94. The van der Waals surface area contributed by atoms with Crippen molar-refractivity contribution in [3.8, 4) is 0 Å². The summed E-state index contributed by atoms with van der Waals surface area (Å²) in [6.07, 6.45) is -4.69. The number of alkyl halides is 4. The van der Waals surface area contributed by atoms with E-state index in [1.807, 2.05) is 0 Å². The van der Waals surface area contributed by atoms with Gasteiger partial charge in [0.25, 0.3) is 5.91 Å². The van der Waals surface area contributed by atoms with Gasteiger partial charge >= 0.3 is 6.18 Å². The van der Waals surface area contributed by atoms with Gasteiger partial charge in [-0.1, -0.05) is 6.07 Å². The first-order chi connectivity index (χ1) is 15.6. The van der Waals surface area contributed by atoms with E-state index in [9.17, 15) is 31.1 Å². The SMILES string of the molecule is O=C(NC(=NCc1ccc(F)cc1CCl)Nc1cc(C(F)(F)F)[nH]n1)c1ccc(F)c(F)c1. The molecule has 0 aliphatic rings. The van der Waals surface area contributed by atoms with Gasteiger partial charge in [0, 0.05) is 17.5 Å². The van der Waals surface area contributed by atoms with Crippen molar-refractivity contribution >= 4 is 29.3 Å². The molecular formula is C20H14ClF6N5O. The average molecular weight is 490 g/mol. The van der Waals surface area contributed by atoms with Gasteiger partial charge < -0.3 is 5.32 Å². The molecule has 3 aromatic rings. The van der Waals surface area contributed by atoms with Crippen molar-refractivity contribution in [1.29, 1.82) is 0 Å². The minimum absolute atomic E-state index is 0.0408. The smallest absolute Gasteiger partial charge is 0.309 e. The summed E-state index contributed by atoms with van der Waals surface area (Å²) >= 11 is 5.80. The van der Waals surface area contributed by atoms with Gasteiger partial charge in [-0.05, 0) is 41.5 Å². The summed E-state index contributed by atoms with van der Waals surface area (Å²) < 4.78 is 78.5. The van der Waals surface area contributed by atoms with E-state index in [1.54, 1.807) is 5.10 Å². The van der Waals surface area contributed by atoms with Crippen LogP contribution in [0.25, 0.3) is 0 Å². The minimum atomic E-state index is -4.69. The van der Waals surface area contributed by atoms with E-state index in [0.717, 1.165) is 18.2 Å². The van der Waals surface area contributed by atoms with Crippen molar-refractivity contribution in [3.63, 3.8) is 0 Å². The number of amides is 1. The molecule has 0 saturated heterocycles. The van der Waals surface area contributed by atoms with Crippen molar-refractivity contribution in [2.45, 2.75) is 18.6 Å². The number of benzene rings is 2. The molecule has 6 nitrogen and oxygen atoms in total. The van der Waals surface area contributed by atoms with E-state index < -0.39 is 35.2 Å². The fraction of sp³-hybridized carbons (Fsp3) is 0.150. The molecular weight excluding hydrogens is 476 g/mol. The van der Waals surface area contributed by atoms with E-state index >= 15 is 0 Å². The Balaban J connectivity index is 1.88. The third-order valence-electron chi connectivity index (χ3n) is 4.26. The molecule has 13 heteroatoms. The normalized spacial score (nSPS) is 12.0. The highest BCUT2D eigenvalue weighted by Crippen LogP contribution is 2.28. The van der Waals surface area contributed by atoms with Crippen molar-refractivity contribution in [3.05, 3.63) is 82.3 Å². The van der Waals surface area contributed by atoms with Crippen LogP contribution in [0.4, 0.5) is 32.2 Å². The van der Waals surface area contributed by atoms with Crippen LogP contribution < -0.4 is 10.6 Å². The zero-order chi connectivity index (χ0) is 24.2. The van der Waals surface area contributed by atoms with Crippen LogP contribution in [-0.4, -0.2) is 22.1 Å². The maximum atomic E-state index is 13.5. The lowest BCUT2D eigenvalue weighted by Crippen LogP contribution is -2.36. The third kappa shape index (κ3) is 6.25. The van der Waals surface area contributed by atoms with Gasteiger partial charge in [0.15, 0.2) is 17.5 Å². The lowest BCUT2D eigenvalue weighted by Gasteiger charge is -2.11. The molecule has 0 aliphatic carbocycles. The summed E-state index contributed by atoms with van der Waals surface area (Å²) in [4.78, 5) is 16.5. The molecule has 2 aromatic carbocycles. The Labute approximate surface area is 187 Å². The van der Waals surface area contributed by atoms with Crippen molar-refractivity contribution in [2.75, 3.05) is 5.32 Å². The van der Waals surface area contributed by atoms with Crippen LogP contribution in [0.2, 0.25) is 0 Å². The van der Waals surface area contributed by atoms with Gasteiger partial charge in [-0.25, -0.2) is 18.2 Å². The van der Waals surface area contributed by atoms with Crippen LogP contribution in [0, 0.1) is 17.5 Å². The molecule has 174 valence electrons. The average Bonchev–Trinajstić information content (AvgIpc) is 3.23. The highest BCUT2D eigenvalue weighted by Gasteiger charge is 2.33. The molecule has 1 aromatic heterocycles. The minimum Gasteiger partial charge on any atom is -0.309 e. The predicted octanol–water partition coefficient (Wildman–Crippen LogP) is 4.98. The number of anilines is 1. The number of guanidine groups is 1. The van der Waals surface area contributed by atoms with Crippen LogP contribution in [0.3, 0.4) is 0 Å². The van der Waals surface area contributed by atoms with Crippen LogP contribution >= 0.6 is 11.6 Å². The van der Waals surface area contributed by atoms with Gasteiger partial charge in [0.05, 0.1) is 6.54 Å². The maximum absolute atomic E-state index is 13.5. The number of halogens is 7. The molecule has 3 N–H and O–H groups in total.